The lowest BCUT2D eigenvalue weighted by atomic mass is 10.1. The molecule has 0 aliphatic heterocycles. The molecule has 0 radical (unpaired) electrons. The quantitative estimate of drug-likeness (QED) is 0.599. The van der Waals surface area contributed by atoms with Crippen molar-refractivity contribution >= 4 is 11.8 Å². The first-order valence-electron chi connectivity index (χ1n) is 5.74. The van der Waals surface area contributed by atoms with E-state index in [2.05, 4.69) is 5.32 Å². The van der Waals surface area contributed by atoms with Crippen LogP contribution in [-0.2, 0) is 4.74 Å². The molecule has 7 heteroatoms. The fourth-order valence-electron chi connectivity index (χ4n) is 1.57. The maximum absolute atomic E-state index is 12.2. The number of hydrogen-bond acceptors (Lipinski definition) is 4. The lowest BCUT2D eigenvalue weighted by molar-refractivity contribution is -0.0328. The Morgan fingerprint density at radius 3 is 2.42 bits per heavy atom. The molecule has 0 aromatic heterocycles. The third-order valence-electron chi connectivity index (χ3n) is 2.45. The summed E-state index contributed by atoms with van der Waals surface area (Å²) in [7, 11) is 1.60. The summed E-state index contributed by atoms with van der Waals surface area (Å²) < 4.78 is 41.5. The molecule has 0 spiro atoms. The van der Waals surface area contributed by atoms with Gasteiger partial charge in [0.2, 0.25) is 0 Å². The second kappa shape index (κ2) is 7.74. The van der Waals surface area contributed by atoms with Gasteiger partial charge in [-0.25, -0.2) is 0 Å². The molecule has 3 N–H and O–H groups in total. The maximum atomic E-state index is 12.2. The summed E-state index contributed by atoms with van der Waals surface area (Å²) in [5.74, 6) is 0. The molecule has 3 nitrogen and oxygen atoms in total. The standard InChI is InChI=1S/C12H17F3N2OS/c1-18-7-6-17-11(8-16)9-2-4-10(5-3-9)19-12(13,14)15/h2-5,11,17H,6-8,16H2,1H3. The monoisotopic (exact) mass is 294 g/mol. The summed E-state index contributed by atoms with van der Waals surface area (Å²) in [4.78, 5) is 0.170. The van der Waals surface area contributed by atoms with Crippen LogP contribution in [0, 0.1) is 0 Å². The molecule has 0 fully saturated rings. The van der Waals surface area contributed by atoms with E-state index in [1.807, 2.05) is 0 Å². The normalized spacial score (nSPS) is 13.5. The fourth-order valence-corrected chi connectivity index (χ4v) is 2.11. The largest absolute Gasteiger partial charge is 0.446 e. The summed E-state index contributed by atoms with van der Waals surface area (Å²) in [6.07, 6.45) is 0. The summed E-state index contributed by atoms with van der Waals surface area (Å²) in [5, 5.41) is 3.18. The van der Waals surface area contributed by atoms with E-state index in [1.54, 1.807) is 19.2 Å². The van der Waals surface area contributed by atoms with Crippen molar-refractivity contribution in [2.75, 3.05) is 26.8 Å². The first kappa shape index (κ1) is 16.3. The average molecular weight is 294 g/mol. The smallest absolute Gasteiger partial charge is 0.383 e. The van der Waals surface area contributed by atoms with E-state index >= 15 is 0 Å². The molecule has 1 unspecified atom stereocenters. The number of nitrogens with two attached hydrogens (primary N) is 1. The van der Waals surface area contributed by atoms with Gasteiger partial charge in [-0.05, 0) is 29.5 Å². The van der Waals surface area contributed by atoms with Gasteiger partial charge in [-0.3, -0.25) is 0 Å². The number of rotatable bonds is 7. The van der Waals surface area contributed by atoms with Gasteiger partial charge in [0.25, 0.3) is 0 Å². The van der Waals surface area contributed by atoms with Crippen LogP contribution >= 0.6 is 11.8 Å². The SMILES string of the molecule is COCCNC(CN)c1ccc(SC(F)(F)F)cc1. The second-order valence-corrected chi connectivity index (χ2v) is 4.99. The zero-order valence-corrected chi connectivity index (χ0v) is 11.4. The van der Waals surface area contributed by atoms with Gasteiger partial charge in [-0.1, -0.05) is 12.1 Å². The highest BCUT2D eigenvalue weighted by molar-refractivity contribution is 8.00. The Hall–Kier alpha value is -0.760. The average Bonchev–Trinajstić information content (AvgIpc) is 2.34. The van der Waals surface area contributed by atoms with Crippen LogP contribution in [0.4, 0.5) is 13.2 Å². The van der Waals surface area contributed by atoms with Crippen molar-refractivity contribution in [3.05, 3.63) is 29.8 Å². The molecule has 0 aliphatic carbocycles. The van der Waals surface area contributed by atoms with Crippen LogP contribution in [0.25, 0.3) is 0 Å². The number of benzene rings is 1. The van der Waals surface area contributed by atoms with Crippen molar-refractivity contribution in [2.24, 2.45) is 5.73 Å². The molecular formula is C12H17F3N2OS. The molecule has 108 valence electrons. The molecule has 0 aliphatic rings. The molecule has 1 aromatic rings. The van der Waals surface area contributed by atoms with Crippen LogP contribution in [-0.4, -0.2) is 32.3 Å². The van der Waals surface area contributed by atoms with Gasteiger partial charge >= 0.3 is 5.51 Å². The first-order valence-corrected chi connectivity index (χ1v) is 6.56. The van der Waals surface area contributed by atoms with Crippen molar-refractivity contribution in [2.45, 2.75) is 16.4 Å². The van der Waals surface area contributed by atoms with Gasteiger partial charge in [-0.2, -0.15) is 13.2 Å². The zero-order chi connectivity index (χ0) is 14.3. The van der Waals surface area contributed by atoms with Crippen molar-refractivity contribution in [1.82, 2.24) is 5.32 Å². The molecule has 0 amide bonds. The van der Waals surface area contributed by atoms with Crippen molar-refractivity contribution in [3.8, 4) is 0 Å². The Balaban J connectivity index is 2.62. The summed E-state index contributed by atoms with van der Waals surface area (Å²) in [6, 6.07) is 6.14. The number of halogens is 3. The van der Waals surface area contributed by atoms with E-state index in [0.717, 1.165) is 5.56 Å². The fraction of sp³-hybridized carbons (Fsp3) is 0.500. The zero-order valence-electron chi connectivity index (χ0n) is 10.5. The predicted octanol–water partition coefficient (Wildman–Crippen LogP) is 2.53. The molecule has 1 rings (SSSR count). The molecular weight excluding hydrogens is 277 g/mol. The van der Waals surface area contributed by atoms with Crippen molar-refractivity contribution in [3.63, 3.8) is 0 Å². The van der Waals surface area contributed by atoms with E-state index in [0.29, 0.717) is 19.7 Å². The molecule has 0 saturated carbocycles. The van der Waals surface area contributed by atoms with Crippen LogP contribution < -0.4 is 11.1 Å². The van der Waals surface area contributed by atoms with E-state index in [4.69, 9.17) is 10.5 Å². The minimum absolute atomic E-state index is 0.0833. The van der Waals surface area contributed by atoms with Crippen LogP contribution in [0.3, 0.4) is 0 Å². The Bertz CT molecular complexity index is 370. The van der Waals surface area contributed by atoms with Crippen LogP contribution in [0.1, 0.15) is 11.6 Å². The van der Waals surface area contributed by atoms with Crippen LogP contribution in [0.15, 0.2) is 29.2 Å². The van der Waals surface area contributed by atoms with Gasteiger partial charge in [0.15, 0.2) is 0 Å². The maximum Gasteiger partial charge on any atom is 0.446 e. The van der Waals surface area contributed by atoms with E-state index in [1.165, 1.54) is 12.1 Å². The van der Waals surface area contributed by atoms with Crippen LogP contribution in [0.2, 0.25) is 0 Å². The second-order valence-electron chi connectivity index (χ2n) is 3.85. The molecule has 1 aromatic carbocycles. The van der Waals surface area contributed by atoms with Gasteiger partial charge in [0.05, 0.1) is 6.61 Å². The minimum atomic E-state index is -4.26. The van der Waals surface area contributed by atoms with Gasteiger partial charge in [0.1, 0.15) is 0 Å². The first-order chi connectivity index (χ1) is 8.96. The molecule has 0 bridgehead atoms. The lowest BCUT2D eigenvalue weighted by Crippen LogP contribution is -2.30. The Labute approximate surface area is 114 Å². The Morgan fingerprint density at radius 1 is 1.32 bits per heavy atom. The topological polar surface area (TPSA) is 47.3 Å². The highest BCUT2D eigenvalue weighted by Gasteiger charge is 2.29. The van der Waals surface area contributed by atoms with E-state index < -0.39 is 5.51 Å². The summed E-state index contributed by atoms with van der Waals surface area (Å²) in [6.45, 7) is 1.56. The lowest BCUT2D eigenvalue weighted by Gasteiger charge is -2.17. The Morgan fingerprint density at radius 2 is 1.95 bits per heavy atom. The summed E-state index contributed by atoms with van der Waals surface area (Å²) >= 11 is -0.121. The number of ether oxygens (including phenoxy) is 1. The molecule has 0 saturated heterocycles. The third-order valence-corrected chi connectivity index (χ3v) is 3.19. The van der Waals surface area contributed by atoms with Gasteiger partial charge < -0.3 is 15.8 Å². The van der Waals surface area contributed by atoms with E-state index in [-0.39, 0.29) is 22.7 Å². The molecule has 0 heterocycles. The third kappa shape index (κ3) is 6.29. The Kier molecular flexibility index (Phi) is 6.64. The van der Waals surface area contributed by atoms with Gasteiger partial charge in [-0.15, -0.1) is 0 Å². The molecule has 19 heavy (non-hydrogen) atoms. The predicted molar refractivity (Wildman–Crippen MR) is 70.0 cm³/mol. The minimum Gasteiger partial charge on any atom is -0.383 e. The van der Waals surface area contributed by atoms with E-state index in [9.17, 15) is 13.2 Å². The summed E-state index contributed by atoms with van der Waals surface area (Å²) in [5.41, 5.74) is 2.25. The number of methoxy groups -OCH3 is 1. The number of thioether (sulfide) groups is 1. The van der Waals surface area contributed by atoms with Gasteiger partial charge in [0, 0.05) is 31.1 Å². The highest BCUT2D eigenvalue weighted by atomic mass is 32.2. The number of nitrogens with one attached hydrogen (secondary N) is 1. The van der Waals surface area contributed by atoms with Crippen LogP contribution in [0.5, 0.6) is 0 Å². The molecule has 1 atom stereocenters. The number of alkyl halides is 3. The highest BCUT2D eigenvalue weighted by Crippen LogP contribution is 2.36. The van der Waals surface area contributed by atoms with Crippen molar-refractivity contribution in [1.29, 1.82) is 0 Å². The number of hydrogen-bond donors (Lipinski definition) is 2. The van der Waals surface area contributed by atoms with Crippen molar-refractivity contribution < 1.29 is 17.9 Å².